The molecule has 0 bridgehead atoms. The van der Waals surface area contributed by atoms with Gasteiger partial charge in [-0.3, -0.25) is 0 Å². The third kappa shape index (κ3) is 5.43. The van der Waals surface area contributed by atoms with Gasteiger partial charge in [-0.15, -0.1) is 0 Å². The van der Waals surface area contributed by atoms with Crippen molar-refractivity contribution in [2.24, 2.45) is 9.98 Å². The van der Waals surface area contributed by atoms with E-state index in [2.05, 4.69) is 218 Å². The van der Waals surface area contributed by atoms with Gasteiger partial charge in [-0.1, -0.05) is 182 Å². The summed E-state index contributed by atoms with van der Waals surface area (Å²) in [5.74, 6) is 0.248. The van der Waals surface area contributed by atoms with Crippen LogP contribution in [-0.2, 0) is 0 Å². The molecule has 2 heteroatoms. The van der Waals surface area contributed by atoms with Crippen molar-refractivity contribution in [2.45, 2.75) is 11.8 Å². The summed E-state index contributed by atoms with van der Waals surface area (Å²) in [5.41, 5.74) is 20.9. The van der Waals surface area contributed by atoms with Crippen LogP contribution in [0.15, 0.2) is 228 Å². The van der Waals surface area contributed by atoms with Crippen molar-refractivity contribution >= 4 is 44.3 Å². The van der Waals surface area contributed by atoms with Crippen LogP contribution in [0.1, 0.15) is 67.5 Å². The molecule has 0 spiro atoms. The molecule has 2 nitrogen and oxygen atoms in total. The van der Waals surface area contributed by atoms with Crippen molar-refractivity contribution in [1.29, 1.82) is 0 Å². The summed E-state index contributed by atoms with van der Waals surface area (Å²) in [7, 11) is 0. The van der Waals surface area contributed by atoms with Crippen LogP contribution in [0, 0.1) is 0 Å². The largest absolute Gasteiger partial charge is 0.247 e. The topological polar surface area (TPSA) is 24.7 Å². The summed E-state index contributed by atoms with van der Waals surface area (Å²) in [4.78, 5) is 11.6. The second kappa shape index (κ2) is 13.8. The minimum atomic E-state index is 0.124. The molecule has 2 atom stereocenters. The van der Waals surface area contributed by atoms with E-state index in [-0.39, 0.29) is 11.8 Å². The maximum absolute atomic E-state index is 5.82. The standard InChI is InChI=1S/C60H38N2/c1-3-15-37(16-4-1)57-49-25-13-11-23-45(49)47-29-27-43(33-51(47)57)59-53-31-39-19-7-9-21-41(39)35-55(53)62-60(54-32-40-20-8-10-22-42(40)36-56(54)61-59)44-28-30-48-46-24-12-14-26-50(46)58(52(48)34-44)38-17-5-2-6-18-38/h1-36,57-58H. The van der Waals surface area contributed by atoms with Crippen molar-refractivity contribution < 1.29 is 0 Å². The first-order chi connectivity index (χ1) is 30.7. The number of rotatable bonds is 4. The van der Waals surface area contributed by atoms with Crippen LogP contribution in [0.4, 0.5) is 11.4 Å². The van der Waals surface area contributed by atoms with Crippen molar-refractivity contribution in [3.05, 3.63) is 274 Å². The van der Waals surface area contributed by atoms with Gasteiger partial charge in [0.05, 0.1) is 22.8 Å². The molecule has 2 unspecified atom stereocenters. The van der Waals surface area contributed by atoms with Crippen LogP contribution in [-0.4, -0.2) is 11.4 Å². The van der Waals surface area contributed by atoms with E-state index < -0.39 is 0 Å². The zero-order chi connectivity index (χ0) is 40.7. The summed E-state index contributed by atoms with van der Waals surface area (Å²) in [5, 5.41) is 4.61. The normalized spacial score (nSPS) is 15.6. The van der Waals surface area contributed by atoms with Crippen LogP contribution >= 0.6 is 0 Å². The van der Waals surface area contributed by atoms with E-state index in [1.54, 1.807) is 0 Å². The molecule has 0 saturated heterocycles. The molecular formula is C60H38N2. The van der Waals surface area contributed by atoms with Crippen LogP contribution in [0.5, 0.6) is 0 Å². The Kier molecular flexibility index (Phi) is 7.77. The molecule has 10 aromatic carbocycles. The predicted octanol–water partition coefficient (Wildman–Crippen LogP) is 15.0. The summed E-state index contributed by atoms with van der Waals surface area (Å²) < 4.78 is 0. The maximum atomic E-state index is 5.82. The molecule has 288 valence electrons. The van der Waals surface area contributed by atoms with Gasteiger partial charge in [-0.05, 0) is 114 Å². The third-order valence-corrected chi connectivity index (χ3v) is 13.4. The lowest BCUT2D eigenvalue weighted by atomic mass is 9.86. The molecule has 0 amide bonds. The van der Waals surface area contributed by atoms with Gasteiger partial charge >= 0.3 is 0 Å². The number of fused-ring (bicyclic) bond motifs is 10. The van der Waals surface area contributed by atoms with E-state index in [0.29, 0.717) is 0 Å². The molecule has 62 heavy (non-hydrogen) atoms. The lowest BCUT2D eigenvalue weighted by Gasteiger charge is -2.21. The first-order valence-electron chi connectivity index (χ1n) is 21.5. The highest BCUT2D eigenvalue weighted by Gasteiger charge is 2.33. The molecule has 0 saturated carbocycles. The fourth-order valence-corrected chi connectivity index (χ4v) is 10.5. The Morgan fingerprint density at radius 3 is 1.05 bits per heavy atom. The summed E-state index contributed by atoms with van der Waals surface area (Å²) in [6.45, 7) is 0. The number of hydrogen-bond acceptors (Lipinski definition) is 2. The summed E-state index contributed by atoms with van der Waals surface area (Å²) in [6.07, 6.45) is 0. The molecule has 0 radical (unpaired) electrons. The Balaban J connectivity index is 1.06. The monoisotopic (exact) mass is 786 g/mol. The highest BCUT2D eigenvalue weighted by atomic mass is 14.8. The average Bonchev–Trinajstić information content (AvgIpc) is 3.84. The molecular weight excluding hydrogens is 749 g/mol. The number of benzene rings is 10. The number of nitrogens with zero attached hydrogens (tertiary/aromatic N) is 2. The van der Waals surface area contributed by atoms with Gasteiger partial charge in [0.2, 0.25) is 0 Å². The first-order valence-corrected chi connectivity index (χ1v) is 21.5. The lowest BCUT2D eigenvalue weighted by Crippen LogP contribution is -2.12. The van der Waals surface area contributed by atoms with E-state index in [4.69, 9.17) is 9.98 Å². The van der Waals surface area contributed by atoms with E-state index in [0.717, 1.165) is 66.6 Å². The first kappa shape index (κ1) is 34.9. The Bertz CT molecular complexity index is 3290. The van der Waals surface area contributed by atoms with E-state index in [1.807, 2.05) is 0 Å². The SMILES string of the molecule is c1ccc(C2c3ccccc3-c3ccc(C4=Nc5cc6ccccc6cc5C(c5ccc6c(c5)C(c5ccccc5)c5ccccc5-6)=Nc5cc6ccccc6cc54)cc32)cc1. The van der Waals surface area contributed by atoms with Gasteiger partial charge in [0.1, 0.15) is 0 Å². The van der Waals surface area contributed by atoms with Crippen LogP contribution in [0.2, 0.25) is 0 Å². The van der Waals surface area contributed by atoms with Crippen LogP contribution in [0.3, 0.4) is 0 Å². The highest BCUT2D eigenvalue weighted by molar-refractivity contribution is 6.24. The quantitative estimate of drug-likeness (QED) is 0.170. The fraction of sp³-hybridized carbons (Fsp3) is 0.0333. The van der Waals surface area contributed by atoms with Gasteiger partial charge in [-0.25, -0.2) is 9.98 Å². The maximum Gasteiger partial charge on any atom is 0.0803 e. The molecule has 0 N–H and O–H groups in total. The van der Waals surface area contributed by atoms with E-state index in [9.17, 15) is 0 Å². The second-order valence-electron chi connectivity index (χ2n) is 16.8. The van der Waals surface area contributed by atoms with Crippen LogP contribution < -0.4 is 0 Å². The van der Waals surface area contributed by atoms with E-state index >= 15 is 0 Å². The lowest BCUT2D eigenvalue weighted by molar-refractivity contribution is 1.01. The summed E-state index contributed by atoms with van der Waals surface area (Å²) in [6, 6.07) is 80.0. The molecule has 10 aromatic rings. The second-order valence-corrected chi connectivity index (χ2v) is 16.8. The van der Waals surface area contributed by atoms with E-state index in [1.165, 1.54) is 55.6 Å². The molecule has 0 aromatic heterocycles. The fourth-order valence-electron chi connectivity index (χ4n) is 10.5. The number of aliphatic imine (C=N–C) groups is 2. The smallest absolute Gasteiger partial charge is 0.0803 e. The zero-order valence-electron chi connectivity index (χ0n) is 33.8. The van der Waals surface area contributed by atoms with Gasteiger partial charge in [0.15, 0.2) is 0 Å². The molecule has 13 rings (SSSR count). The zero-order valence-corrected chi connectivity index (χ0v) is 33.8. The minimum Gasteiger partial charge on any atom is -0.247 e. The Morgan fingerprint density at radius 2 is 0.613 bits per heavy atom. The molecule has 2 aliphatic carbocycles. The molecule has 1 aliphatic heterocycles. The molecule has 0 fully saturated rings. The Labute approximate surface area is 360 Å². The number of hydrogen-bond donors (Lipinski definition) is 0. The molecule has 3 aliphatic rings. The van der Waals surface area contributed by atoms with Crippen molar-refractivity contribution in [1.82, 2.24) is 0 Å². The van der Waals surface area contributed by atoms with Crippen molar-refractivity contribution in [2.75, 3.05) is 0 Å². The Hall–Kier alpha value is -7.94. The van der Waals surface area contributed by atoms with Crippen molar-refractivity contribution in [3.63, 3.8) is 0 Å². The van der Waals surface area contributed by atoms with Gasteiger partial charge in [-0.2, -0.15) is 0 Å². The molecule has 1 heterocycles. The highest BCUT2D eigenvalue weighted by Crippen LogP contribution is 2.50. The Morgan fingerprint density at radius 1 is 0.258 bits per heavy atom. The predicted molar refractivity (Wildman–Crippen MR) is 257 cm³/mol. The van der Waals surface area contributed by atoms with Gasteiger partial charge < -0.3 is 0 Å². The summed E-state index contributed by atoms with van der Waals surface area (Å²) >= 11 is 0. The minimum absolute atomic E-state index is 0.124. The van der Waals surface area contributed by atoms with Gasteiger partial charge in [0.25, 0.3) is 0 Å². The third-order valence-electron chi connectivity index (χ3n) is 13.4. The van der Waals surface area contributed by atoms with Crippen LogP contribution in [0.25, 0.3) is 43.8 Å². The van der Waals surface area contributed by atoms with Crippen molar-refractivity contribution in [3.8, 4) is 22.3 Å². The average molecular weight is 787 g/mol. The van der Waals surface area contributed by atoms with Gasteiger partial charge in [0, 0.05) is 34.1 Å².